The van der Waals surface area contributed by atoms with Crippen molar-refractivity contribution in [2.45, 2.75) is 75.1 Å². The summed E-state index contributed by atoms with van der Waals surface area (Å²) in [4.78, 5) is 12.2. The first-order valence-corrected chi connectivity index (χ1v) is 13.5. The summed E-state index contributed by atoms with van der Waals surface area (Å²) in [7, 11) is -3.97. The van der Waals surface area contributed by atoms with Crippen molar-refractivity contribution in [3.63, 3.8) is 0 Å². The van der Waals surface area contributed by atoms with E-state index in [-0.39, 0.29) is 4.90 Å². The molecule has 2 aromatic carbocycles. The molecule has 1 aromatic heterocycles. The van der Waals surface area contributed by atoms with Crippen LogP contribution >= 0.6 is 0 Å². The molecule has 1 aliphatic rings. The average molecular weight is 485 g/mol. The quantitative estimate of drug-likeness (QED) is 0.208. The molecule has 1 aliphatic carbocycles. The van der Waals surface area contributed by atoms with E-state index < -0.39 is 22.0 Å². The molecule has 0 saturated carbocycles. The smallest absolute Gasteiger partial charge is 0.261 e. The number of amides is 1. The van der Waals surface area contributed by atoms with E-state index in [4.69, 9.17) is 9.62 Å². The zero-order chi connectivity index (χ0) is 24.0. The summed E-state index contributed by atoms with van der Waals surface area (Å²) < 4.78 is 34.4. The Bertz CT molecular complexity index is 1220. The Morgan fingerprint density at radius 3 is 2.56 bits per heavy atom. The third-order valence-electron chi connectivity index (χ3n) is 6.51. The van der Waals surface area contributed by atoms with Gasteiger partial charge in [-0.05, 0) is 56.2 Å². The highest BCUT2D eigenvalue weighted by Gasteiger charge is 2.26. The van der Waals surface area contributed by atoms with E-state index in [1.165, 1.54) is 17.2 Å². The second-order valence-corrected chi connectivity index (χ2v) is 10.7. The van der Waals surface area contributed by atoms with Crippen LogP contribution in [0.5, 0.6) is 0 Å². The lowest BCUT2D eigenvalue weighted by Gasteiger charge is -2.17. The van der Waals surface area contributed by atoms with Gasteiger partial charge in [0.2, 0.25) is 10.0 Å². The zero-order valence-electron chi connectivity index (χ0n) is 19.3. The van der Waals surface area contributed by atoms with Crippen molar-refractivity contribution in [1.82, 2.24) is 10.2 Å². The van der Waals surface area contributed by atoms with Crippen molar-refractivity contribution in [3.8, 4) is 0 Å². The summed E-state index contributed by atoms with van der Waals surface area (Å²) in [5.74, 6) is 0.177. The van der Waals surface area contributed by atoms with Crippen LogP contribution in [0.1, 0.15) is 61.8 Å². The predicted octanol–water partition coefficient (Wildman–Crippen LogP) is 4.66. The van der Waals surface area contributed by atoms with E-state index in [1.54, 1.807) is 17.6 Å². The average Bonchev–Trinajstić information content (AvgIpc) is 3.23. The number of hydrogen-bond donors (Lipinski definition) is 3. The number of unbranched alkanes of at least 4 members (excludes halogenated alkanes) is 3. The van der Waals surface area contributed by atoms with Crippen molar-refractivity contribution >= 4 is 26.9 Å². The van der Waals surface area contributed by atoms with Gasteiger partial charge in [-0.2, -0.15) is 4.72 Å². The number of nitrogens with one attached hydrogen (secondary N) is 2. The third-order valence-corrected chi connectivity index (χ3v) is 7.98. The molecule has 0 bridgehead atoms. The lowest BCUT2D eigenvalue weighted by Crippen LogP contribution is -2.45. The highest BCUT2D eigenvalue weighted by molar-refractivity contribution is 7.89. The minimum Gasteiger partial charge on any atom is -0.461 e. The highest BCUT2D eigenvalue weighted by Crippen LogP contribution is 2.33. The van der Waals surface area contributed by atoms with E-state index in [0.717, 1.165) is 62.5 Å². The van der Waals surface area contributed by atoms with Gasteiger partial charge in [-0.25, -0.2) is 13.9 Å². The zero-order valence-corrected chi connectivity index (χ0v) is 20.1. The number of rotatable bonds is 11. The Morgan fingerprint density at radius 2 is 1.76 bits per heavy atom. The first kappa shape index (κ1) is 24.4. The fraction of sp³-hybridized carbons (Fsp3) is 0.423. The molecule has 3 N–H and O–H groups in total. The van der Waals surface area contributed by atoms with Gasteiger partial charge in [-0.3, -0.25) is 10.0 Å². The van der Waals surface area contributed by atoms with Gasteiger partial charge in [0.05, 0.1) is 4.90 Å². The maximum Gasteiger partial charge on any atom is 0.261 e. The Morgan fingerprint density at radius 1 is 1.00 bits per heavy atom. The van der Waals surface area contributed by atoms with Crippen molar-refractivity contribution in [3.05, 3.63) is 65.4 Å². The molecule has 34 heavy (non-hydrogen) atoms. The van der Waals surface area contributed by atoms with Gasteiger partial charge in [-0.15, -0.1) is 0 Å². The number of sulfonamides is 1. The molecule has 1 unspecified atom stereocenters. The second-order valence-electron chi connectivity index (χ2n) is 8.96. The minimum absolute atomic E-state index is 0.0460. The van der Waals surface area contributed by atoms with Crippen molar-refractivity contribution in [1.29, 1.82) is 0 Å². The van der Waals surface area contributed by atoms with E-state index >= 15 is 0 Å². The number of benzene rings is 2. The summed E-state index contributed by atoms with van der Waals surface area (Å²) in [6.07, 6.45) is 8.82. The van der Waals surface area contributed by atoms with Crippen LogP contribution < -0.4 is 10.2 Å². The summed E-state index contributed by atoms with van der Waals surface area (Å²) >= 11 is 0. The molecule has 182 valence electrons. The molecule has 3 aromatic rings. The fourth-order valence-corrected chi connectivity index (χ4v) is 5.91. The van der Waals surface area contributed by atoms with Crippen molar-refractivity contribution in [2.75, 3.05) is 0 Å². The van der Waals surface area contributed by atoms with Crippen LogP contribution in [-0.4, -0.2) is 25.6 Å². The second kappa shape index (κ2) is 11.2. The molecule has 0 fully saturated rings. The number of carbonyl (C=O) groups is 1. The van der Waals surface area contributed by atoms with Gasteiger partial charge in [0.15, 0.2) is 0 Å². The van der Waals surface area contributed by atoms with Gasteiger partial charge < -0.3 is 4.42 Å². The molecule has 1 heterocycles. The number of aryl methyl sites for hydroxylation is 3. The van der Waals surface area contributed by atoms with E-state index in [0.29, 0.717) is 18.4 Å². The molecule has 8 heteroatoms. The van der Waals surface area contributed by atoms with Crippen LogP contribution in [-0.2, 0) is 34.1 Å². The van der Waals surface area contributed by atoms with Crippen molar-refractivity contribution in [2.24, 2.45) is 0 Å². The fourth-order valence-electron chi connectivity index (χ4n) is 4.66. The minimum atomic E-state index is -3.97. The number of carbonyl (C=O) groups excluding carboxylic acids is 1. The molecule has 1 amide bonds. The molecule has 0 radical (unpaired) electrons. The van der Waals surface area contributed by atoms with Crippen molar-refractivity contribution < 1.29 is 22.8 Å². The van der Waals surface area contributed by atoms with Crippen LogP contribution in [0.4, 0.5) is 0 Å². The van der Waals surface area contributed by atoms with Crippen LogP contribution in [0, 0.1) is 0 Å². The largest absolute Gasteiger partial charge is 0.461 e. The first-order chi connectivity index (χ1) is 16.5. The Kier molecular flexibility index (Phi) is 8.03. The van der Waals surface area contributed by atoms with Gasteiger partial charge >= 0.3 is 0 Å². The first-order valence-electron chi connectivity index (χ1n) is 12.0. The van der Waals surface area contributed by atoms with E-state index in [1.807, 2.05) is 18.2 Å². The number of hydroxylamine groups is 1. The van der Waals surface area contributed by atoms with E-state index in [9.17, 15) is 13.2 Å². The summed E-state index contributed by atoms with van der Waals surface area (Å²) in [5, 5.41) is 10.1. The third kappa shape index (κ3) is 5.87. The molecule has 0 aliphatic heterocycles. The topological polar surface area (TPSA) is 109 Å². The molecule has 0 saturated heterocycles. The van der Waals surface area contributed by atoms with Crippen LogP contribution in [0.3, 0.4) is 0 Å². The predicted molar refractivity (Wildman–Crippen MR) is 130 cm³/mol. The molecule has 1 atom stereocenters. The Labute approximate surface area is 200 Å². The maximum absolute atomic E-state index is 13.0. The van der Waals surface area contributed by atoms with Crippen LogP contribution in [0.15, 0.2) is 57.8 Å². The summed E-state index contributed by atoms with van der Waals surface area (Å²) in [6, 6.07) is 14.1. The number of hydrogen-bond acceptors (Lipinski definition) is 5. The lowest BCUT2D eigenvalue weighted by molar-refractivity contribution is -0.131. The highest BCUT2D eigenvalue weighted by atomic mass is 32.2. The van der Waals surface area contributed by atoms with Gasteiger partial charge in [-0.1, -0.05) is 49.6 Å². The normalized spacial score (nSPS) is 14.6. The Hall–Kier alpha value is -2.68. The standard InChI is InChI=1S/C26H32N2O5S/c29-26(27-30)23(14-7-2-1-4-10-19-11-5-3-6-12-19)28-34(31,32)20-16-17-22-21-13-8-9-15-24(21)33-25(22)18-20/h3,5-6,11-12,16-18,23,28,30H,1-2,4,7-10,13-15H2,(H,27,29). The van der Waals surface area contributed by atoms with Gasteiger partial charge in [0.1, 0.15) is 17.4 Å². The molecule has 0 spiro atoms. The number of furan rings is 1. The molecule has 4 rings (SSSR count). The van der Waals surface area contributed by atoms with E-state index in [2.05, 4.69) is 16.9 Å². The summed E-state index contributed by atoms with van der Waals surface area (Å²) in [6.45, 7) is 0. The van der Waals surface area contributed by atoms with Crippen LogP contribution in [0.2, 0.25) is 0 Å². The lowest BCUT2D eigenvalue weighted by atomic mass is 9.96. The summed E-state index contributed by atoms with van der Waals surface area (Å²) in [5.41, 5.74) is 4.61. The van der Waals surface area contributed by atoms with Gasteiger partial charge in [0, 0.05) is 23.4 Å². The molecular weight excluding hydrogens is 452 g/mol. The van der Waals surface area contributed by atoms with Gasteiger partial charge in [0.25, 0.3) is 5.91 Å². The maximum atomic E-state index is 13.0. The monoisotopic (exact) mass is 484 g/mol. The SMILES string of the molecule is O=C(NO)C(CCCCCCc1ccccc1)NS(=O)(=O)c1ccc2c3c(oc2c1)CCCC3. The molecule has 7 nitrogen and oxygen atoms in total. The molecular formula is C26H32N2O5S. The van der Waals surface area contributed by atoms with Crippen LogP contribution in [0.25, 0.3) is 11.0 Å². The Balaban J connectivity index is 1.35. The number of fused-ring (bicyclic) bond motifs is 3.